The highest BCUT2D eigenvalue weighted by atomic mass is 16.5. The third kappa shape index (κ3) is 3.85. The van der Waals surface area contributed by atoms with Crippen molar-refractivity contribution < 1.29 is 14.6 Å². The molecule has 0 radical (unpaired) electrons. The van der Waals surface area contributed by atoms with E-state index in [9.17, 15) is 9.90 Å². The van der Waals surface area contributed by atoms with Crippen molar-refractivity contribution in [1.29, 1.82) is 0 Å². The molecule has 4 atom stereocenters. The summed E-state index contributed by atoms with van der Waals surface area (Å²) in [5.74, 6) is 0.206. The highest BCUT2D eigenvalue weighted by molar-refractivity contribution is 5.74. The molecule has 4 unspecified atom stereocenters. The molecular formula is C15H28N2O3. The first kappa shape index (κ1) is 15.6. The summed E-state index contributed by atoms with van der Waals surface area (Å²) in [7, 11) is 0. The summed E-state index contributed by atoms with van der Waals surface area (Å²) in [6.07, 6.45) is 4.82. The van der Waals surface area contributed by atoms with E-state index in [-0.39, 0.29) is 30.2 Å². The summed E-state index contributed by atoms with van der Waals surface area (Å²) in [6.45, 7) is 6.15. The third-order valence-corrected chi connectivity index (χ3v) is 4.59. The molecule has 5 nitrogen and oxygen atoms in total. The average molecular weight is 284 g/mol. The van der Waals surface area contributed by atoms with E-state index in [1.165, 1.54) is 0 Å². The smallest absolute Gasteiger partial charge is 0.317 e. The van der Waals surface area contributed by atoms with Crippen molar-refractivity contribution in [3.8, 4) is 0 Å². The fourth-order valence-electron chi connectivity index (χ4n) is 3.22. The van der Waals surface area contributed by atoms with Crippen LogP contribution in [-0.4, -0.2) is 54.0 Å². The SMILES string of the molecule is CCC(NC(=O)N1CCCC(C(C)O)C1)C1CCCO1. The molecule has 20 heavy (non-hydrogen) atoms. The molecule has 2 amide bonds. The maximum absolute atomic E-state index is 12.4. The van der Waals surface area contributed by atoms with Crippen molar-refractivity contribution in [2.24, 2.45) is 5.92 Å². The van der Waals surface area contributed by atoms with E-state index in [1.54, 1.807) is 0 Å². The van der Waals surface area contributed by atoms with Crippen LogP contribution in [0.1, 0.15) is 46.0 Å². The summed E-state index contributed by atoms with van der Waals surface area (Å²) >= 11 is 0. The molecule has 0 aromatic carbocycles. The van der Waals surface area contributed by atoms with Crippen molar-refractivity contribution in [2.45, 2.75) is 64.2 Å². The van der Waals surface area contributed by atoms with Gasteiger partial charge >= 0.3 is 6.03 Å². The molecule has 5 heteroatoms. The van der Waals surface area contributed by atoms with Crippen LogP contribution in [0.15, 0.2) is 0 Å². The largest absolute Gasteiger partial charge is 0.393 e. The number of piperidine rings is 1. The lowest BCUT2D eigenvalue weighted by atomic mass is 9.93. The van der Waals surface area contributed by atoms with E-state index in [0.29, 0.717) is 6.54 Å². The number of carbonyl (C=O) groups is 1. The first-order valence-electron chi connectivity index (χ1n) is 7.97. The predicted octanol–water partition coefficient (Wildman–Crippen LogP) is 1.75. The number of amides is 2. The molecule has 116 valence electrons. The zero-order chi connectivity index (χ0) is 14.5. The van der Waals surface area contributed by atoms with Gasteiger partial charge < -0.3 is 20.1 Å². The molecular weight excluding hydrogens is 256 g/mol. The molecule has 0 bridgehead atoms. The van der Waals surface area contributed by atoms with E-state index in [0.717, 1.165) is 45.3 Å². The van der Waals surface area contributed by atoms with E-state index >= 15 is 0 Å². The molecule has 0 saturated carbocycles. The van der Waals surface area contributed by atoms with Crippen LogP contribution in [0.2, 0.25) is 0 Å². The first-order chi connectivity index (χ1) is 9.61. The van der Waals surface area contributed by atoms with Gasteiger partial charge in [0.05, 0.1) is 18.2 Å². The van der Waals surface area contributed by atoms with Crippen molar-refractivity contribution >= 4 is 6.03 Å². The lowest BCUT2D eigenvalue weighted by Gasteiger charge is -2.35. The average Bonchev–Trinajstić information content (AvgIpc) is 2.98. The van der Waals surface area contributed by atoms with Crippen molar-refractivity contribution in [2.75, 3.05) is 19.7 Å². The molecule has 2 saturated heterocycles. The Morgan fingerprint density at radius 1 is 1.45 bits per heavy atom. The minimum Gasteiger partial charge on any atom is -0.393 e. The fourth-order valence-corrected chi connectivity index (χ4v) is 3.22. The van der Waals surface area contributed by atoms with Crippen LogP contribution in [0.25, 0.3) is 0 Å². The van der Waals surface area contributed by atoms with E-state index < -0.39 is 0 Å². The first-order valence-corrected chi connectivity index (χ1v) is 7.97. The highest BCUT2D eigenvalue weighted by Crippen LogP contribution is 2.21. The second kappa shape index (κ2) is 7.27. The Bertz CT molecular complexity index is 316. The summed E-state index contributed by atoms with van der Waals surface area (Å²) in [6, 6.07) is 0.106. The quantitative estimate of drug-likeness (QED) is 0.826. The van der Waals surface area contributed by atoms with Crippen LogP contribution in [0.4, 0.5) is 4.79 Å². The molecule has 0 aromatic heterocycles. The van der Waals surface area contributed by atoms with E-state index in [4.69, 9.17) is 4.74 Å². The predicted molar refractivity (Wildman–Crippen MR) is 77.6 cm³/mol. The monoisotopic (exact) mass is 284 g/mol. The number of carbonyl (C=O) groups excluding carboxylic acids is 1. The van der Waals surface area contributed by atoms with Gasteiger partial charge in [0.1, 0.15) is 0 Å². The number of aliphatic hydroxyl groups excluding tert-OH is 1. The third-order valence-electron chi connectivity index (χ3n) is 4.59. The van der Waals surface area contributed by atoms with Gasteiger partial charge in [-0.15, -0.1) is 0 Å². The number of likely N-dealkylation sites (tertiary alicyclic amines) is 1. The highest BCUT2D eigenvalue weighted by Gasteiger charge is 2.30. The van der Waals surface area contributed by atoms with Crippen LogP contribution >= 0.6 is 0 Å². The number of ether oxygens (including phenoxy) is 1. The van der Waals surface area contributed by atoms with Crippen LogP contribution in [0.3, 0.4) is 0 Å². The minimum absolute atomic E-state index is 0.00213. The Labute approximate surface area is 121 Å². The van der Waals surface area contributed by atoms with E-state index in [2.05, 4.69) is 12.2 Å². The molecule has 2 aliphatic rings. The van der Waals surface area contributed by atoms with Gasteiger partial charge in [0.15, 0.2) is 0 Å². The number of aliphatic hydroxyl groups is 1. The van der Waals surface area contributed by atoms with Gasteiger partial charge in [-0.05, 0) is 39.0 Å². The van der Waals surface area contributed by atoms with Gasteiger partial charge in [0.2, 0.25) is 0 Å². The molecule has 2 aliphatic heterocycles. The van der Waals surface area contributed by atoms with Gasteiger partial charge in [-0.2, -0.15) is 0 Å². The molecule has 2 rings (SSSR count). The summed E-state index contributed by atoms with van der Waals surface area (Å²) < 4.78 is 5.68. The molecule has 2 heterocycles. The Morgan fingerprint density at radius 2 is 2.25 bits per heavy atom. The molecule has 2 N–H and O–H groups in total. The van der Waals surface area contributed by atoms with Crippen LogP contribution in [-0.2, 0) is 4.74 Å². The molecule has 2 fully saturated rings. The van der Waals surface area contributed by atoms with Crippen LogP contribution in [0, 0.1) is 5.92 Å². The van der Waals surface area contributed by atoms with Crippen molar-refractivity contribution in [3.63, 3.8) is 0 Å². The van der Waals surface area contributed by atoms with Gasteiger partial charge in [0, 0.05) is 25.6 Å². The Balaban J connectivity index is 1.86. The number of rotatable bonds is 4. The van der Waals surface area contributed by atoms with Gasteiger partial charge in [-0.1, -0.05) is 6.92 Å². The van der Waals surface area contributed by atoms with Gasteiger partial charge in [-0.3, -0.25) is 0 Å². The Morgan fingerprint density at radius 3 is 2.85 bits per heavy atom. The molecule has 0 aromatic rings. The maximum atomic E-state index is 12.4. The standard InChI is InChI=1S/C15H28N2O3/c1-3-13(14-7-5-9-20-14)16-15(19)17-8-4-6-12(10-17)11(2)18/h11-14,18H,3-10H2,1-2H3,(H,16,19). The zero-order valence-electron chi connectivity index (χ0n) is 12.7. The number of nitrogens with zero attached hydrogens (tertiary/aromatic N) is 1. The number of hydrogen-bond donors (Lipinski definition) is 2. The van der Waals surface area contributed by atoms with Gasteiger partial charge in [-0.25, -0.2) is 4.79 Å². The fraction of sp³-hybridized carbons (Fsp3) is 0.933. The maximum Gasteiger partial charge on any atom is 0.317 e. The normalized spacial score (nSPS) is 30.1. The van der Waals surface area contributed by atoms with E-state index in [1.807, 2.05) is 11.8 Å². The second-order valence-electron chi connectivity index (χ2n) is 6.10. The van der Waals surface area contributed by atoms with Crippen molar-refractivity contribution in [1.82, 2.24) is 10.2 Å². The van der Waals surface area contributed by atoms with Crippen molar-refractivity contribution in [3.05, 3.63) is 0 Å². The summed E-state index contributed by atoms with van der Waals surface area (Å²) in [5, 5.41) is 12.8. The van der Waals surface area contributed by atoms with Gasteiger partial charge in [0.25, 0.3) is 0 Å². The molecule has 0 aliphatic carbocycles. The summed E-state index contributed by atoms with van der Waals surface area (Å²) in [4.78, 5) is 14.2. The van der Waals surface area contributed by atoms with Crippen LogP contribution < -0.4 is 5.32 Å². The lowest BCUT2D eigenvalue weighted by Crippen LogP contribution is -2.52. The topological polar surface area (TPSA) is 61.8 Å². The molecule has 0 spiro atoms. The Kier molecular flexibility index (Phi) is 5.66. The Hall–Kier alpha value is -0.810. The zero-order valence-corrected chi connectivity index (χ0v) is 12.7. The van der Waals surface area contributed by atoms with Crippen LogP contribution in [0.5, 0.6) is 0 Å². The number of nitrogens with one attached hydrogen (secondary N) is 1. The summed E-state index contributed by atoms with van der Waals surface area (Å²) in [5.41, 5.74) is 0. The number of hydrogen-bond acceptors (Lipinski definition) is 3. The number of urea groups is 1. The second-order valence-corrected chi connectivity index (χ2v) is 6.10. The minimum atomic E-state index is -0.342. The lowest BCUT2D eigenvalue weighted by molar-refractivity contribution is 0.0624.